The monoisotopic (exact) mass is 281 g/mol. The van der Waals surface area contributed by atoms with Crippen LogP contribution in [0.15, 0.2) is 4.52 Å². The number of aromatic nitrogens is 2. The smallest absolute Gasteiger partial charge is 0.306 e. The summed E-state index contributed by atoms with van der Waals surface area (Å²) in [4.78, 5) is 15.6. The highest BCUT2D eigenvalue weighted by atomic mass is 16.5. The maximum absolute atomic E-state index is 11.3. The lowest BCUT2D eigenvalue weighted by molar-refractivity contribution is -0.143. The fourth-order valence-electron chi connectivity index (χ4n) is 2.50. The Morgan fingerprint density at radius 2 is 2.20 bits per heavy atom. The van der Waals surface area contributed by atoms with Gasteiger partial charge in [-0.25, -0.2) is 0 Å². The van der Waals surface area contributed by atoms with E-state index in [1.165, 1.54) is 0 Å². The average Bonchev–Trinajstić information content (AvgIpc) is 2.90. The highest BCUT2D eigenvalue weighted by molar-refractivity contribution is 5.69. The van der Waals surface area contributed by atoms with E-state index in [0.717, 1.165) is 25.7 Å². The van der Waals surface area contributed by atoms with Gasteiger partial charge in [-0.05, 0) is 38.5 Å². The first-order chi connectivity index (χ1) is 9.53. The highest BCUT2D eigenvalue weighted by Crippen LogP contribution is 2.35. The van der Waals surface area contributed by atoms with Crippen LogP contribution >= 0.6 is 0 Å². The molecule has 0 aliphatic heterocycles. The first-order valence-electron chi connectivity index (χ1n) is 7.31. The van der Waals surface area contributed by atoms with E-state index in [-0.39, 0.29) is 12.4 Å². The van der Waals surface area contributed by atoms with Crippen LogP contribution in [0.25, 0.3) is 0 Å². The number of rotatable bonds is 5. The van der Waals surface area contributed by atoms with Gasteiger partial charge in [0.25, 0.3) is 0 Å². The second-order valence-corrected chi connectivity index (χ2v) is 5.66. The molecular weight excluding hydrogens is 258 g/mol. The molecule has 0 saturated heterocycles. The van der Waals surface area contributed by atoms with Crippen LogP contribution in [-0.4, -0.2) is 22.7 Å². The van der Waals surface area contributed by atoms with Crippen molar-refractivity contribution in [1.29, 1.82) is 0 Å². The summed E-state index contributed by atoms with van der Waals surface area (Å²) in [6, 6.07) is 0. The normalized spacial score (nSPS) is 26.4. The summed E-state index contributed by atoms with van der Waals surface area (Å²) in [6.45, 7) is 4.41. The Kier molecular flexibility index (Phi) is 4.75. The van der Waals surface area contributed by atoms with E-state index in [4.69, 9.17) is 15.0 Å². The van der Waals surface area contributed by atoms with Crippen LogP contribution in [0.1, 0.15) is 57.7 Å². The maximum Gasteiger partial charge on any atom is 0.306 e. The third-order valence-electron chi connectivity index (χ3n) is 3.93. The van der Waals surface area contributed by atoms with Gasteiger partial charge in [-0.1, -0.05) is 12.1 Å². The Hall–Kier alpha value is -1.43. The Bertz CT molecular complexity index is 450. The minimum atomic E-state index is -0.474. The Morgan fingerprint density at radius 1 is 1.50 bits per heavy atom. The molecular formula is C14H23N3O3. The van der Waals surface area contributed by atoms with Crippen LogP contribution < -0.4 is 5.73 Å². The van der Waals surface area contributed by atoms with Crippen molar-refractivity contribution in [3.8, 4) is 0 Å². The summed E-state index contributed by atoms with van der Waals surface area (Å²) in [6.07, 6.45) is 4.59. The summed E-state index contributed by atoms with van der Waals surface area (Å²) in [5.74, 6) is 1.49. The van der Waals surface area contributed by atoms with Crippen LogP contribution in [-0.2, 0) is 21.5 Å². The minimum Gasteiger partial charge on any atom is -0.466 e. The highest BCUT2D eigenvalue weighted by Gasteiger charge is 2.36. The molecule has 2 N–H and O–H groups in total. The molecule has 0 bridgehead atoms. The molecule has 0 unspecified atom stereocenters. The van der Waals surface area contributed by atoms with Gasteiger partial charge < -0.3 is 15.0 Å². The molecule has 1 fully saturated rings. The van der Waals surface area contributed by atoms with E-state index in [1.54, 1.807) is 6.92 Å². The number of carbonyl (C=O) groups is 1. The zero-order chi connectivity index (χ0) is 14.6. The number of esters is 1. The molecule has 0 spiro atoms. The number of hydrogen-bond donors (Lipinski definition) is 1. The fourth-order valence-corrected chi connectivity index (χ4v) is 2.50. The van der Waals surface area contributed by atoms with Crippen LogP contribution in [0, 0.1) is 5.92 Å². The summed E-state index contributed by atoms with van der Waals surface area (Å²) in [5.41, 5.74) is 5.91. The molecule has 1 aliphatic carbocycles. The van der Waals surface area contributed by atoms with Gasteiger partial charge in [-0.3, -0.25) is 4.79 Å². The molecule has 112 valence electrons. The maximum atomic E-state index is 11.3. The van der Waals surface area contributed by atoms with Gasteiger partial charge in [0, 0.05) is 6.42 Å². The molecule has 1 aromatic heterocycles. The van der Waals surface area contributed by atoms with Crippen molar-refractivity contribution in [1.82, 2.24) is 10.1 Å². The second kappa shape index (κ2) is 6.35. The van der Waals surface area contributed by atoms with Crippen molar-refractivity contribution in [2.75, 3.05) is 6.61 Å². The molecule has 1 aromatic rings. The van der Waals surface area contributed by atoms with Crippen molar-refractivity contribution in [3.05, 3.63) is 11.7 Å². The van der Waals surface area contributed by atoms with Gasteiger partial charge >= 0.3 is 5.97 Å². The Morgan fingerprint density at radius 3 is 2.85 bits per heavy atom. The molecule has 6 heteroatoms. The van der Waals surface area contributed by atoms with Crippen molar-refractivity contribution in [2.24, 2.45) is 11.7 Å². The average molecular weight is 281 g/mol. The molecule has 1 aliphatic rings. The molecule has 2 rings (SSSR count). The Labute approximate surface area is 119 Å². The van der Waals surface area contributed by atoms with E-state index in [9.17, 15) is 4.79 Å². The molecule has 0 radical (unpaired) electrons. The molecule has 1 saturated carbocycles. The lowest BCUT2D eigenvalue weighted by atomic mass is 9.77. The van der Waals surface area contributed by atoms with Gasteiger partial charge in [0.1, 0.15) is 0 Å². The van der Waals surface area contributed by atoms with Gasteiger partial charge in [0.15, 0.2) is 5.82 Å². The number of nitrogens with zero attached hydrogens (tertiary/aromatic N) is 2. The minimum absolute atomic E-state index is 0.249. The van der Waals surface area contributed by atoms with E-state index >= 15 is 0 Å². The van der Waals surface area contributed by atoms with E-state index in [1.807, 2.05) is 0 Å². The standard InChI is InChI=1S/C14H23N3O3/c1-3-19-12(18)5-4-11-16-13(17-20-11)14(15)8-6-10(2)7-9-14/h10H,3-9,15H2,1-2H3. The van der Waals surface area contributed by atoms with Crippen molar-refractivity contribution in [2.45, 2.75) is 57.9 Å². The van der Waals surface area contributed by atoms with Gasteiger partial charge in [-0.15, -0.1) is 0 Å². The number of carbonyl (C=O) groups excluding carboxylic acids is 1. The van der Waals surface area contributed by atoms with Crippen LogP contribution in [0.5, 0.6) is 0 Å². The van der Waals surface area contributed by atoms with Gasteiger partial charge in [0.05, 0.1) is 18.6 Å². The summed E-state index contributed by atoms with van der Waals surface area (Å²) < 4.78 is 10.1. The van der Waals surface area contributed by atoms with E-state index in [2.05, 4.69) is 17.1 Å². The van der Waals surface area contributed by atoms with Crippen LogP contribution in [0.3, 0.4) is 0 Å². The van der Waals surface area contributed by atoms with Gasteiger partial charge in [0.2, 0.25) is 5.89 Å². The Balaban J connectivity index is 1.93. The zero-order valence-corrected chi connectivity index (χ0v) is 12.2. The fraction of sp³-hybridized carbons (Fsp3) is 0.786. The number of nitrogens with two attached hydrogens (primary N) is 1. The molecule has 0 atom stereocenters. The summed E-state index contributed by atoms with van der Waals surface area (Å²) >= 11 is 0. The van der Waals surface area contributed by atoms with E-state index < -0.39 is 5.54 Å². The largest absolute Gasteiger partial charge is 0.466 e. The molecule has 0 amide bonds. The number of hydrogen-bond acceptors (Lipinski definition) is 6. The number of aryl methyl sites for hydroxylation is 1. The first-order valence-corrected chi connectivity index (χ1v) is 7.31. The predicted molar refractivity (Wildman–Crippen MR) is 72.7 cm³/mol. The van der Waals surface area contributed by atoms with Crippen LogP contribution in [0.4, 0.5) is 0 Å². The molecule has 0 aromatic carbocycles. The van der Waals surface area contributed by atoms with E-state index in [0.29, 0.717) is 30.7 Å². The van der Waals surface area contributed by atoms with Crippen molar-refractivity contribution >= 4 is 5.97 Å². The van der Waals surface area contributed by atoms with Crippen molar-refractivity contribution in [3.63, 3.8) is 0 Å². The zero-order valence-electron chi connectivity index (χ0n) is 12.2. The molecule has 1 heterocycles. The molecule has 6 nitrogen and oxygen atoms in total. The van der Waals surface area contributed by atoms with Crippen molar-refractivity contribution < 1.29 is 14.1 Å². The van der Waals surface area contributed by atoms with Crippen LogP contribution in [0.2, 0.25) is 0 Å². The molecule has 20 heavy (non-hydrogen) atoms. The topological polar surface area (TPSA) is 91.2 Å². The van der Waals surface area contributed by atoms with Gasteiger partial charge in [-0.2, -0.15) is 4.98 Å². The first kappa shape index (κ1) is 15.0. The predicted octanol–water partition coefficient (Wildman–Crippen LogP) is 1.93. The summed E-state index contributed by atoms with van der Waals surface area (Å²) in [7, 11) is 0. The third kappa shape index (κ3) is 3.56. The lowest BCUT2D eigenvalue weighted by Gasteiger charge is -2.33. The quantitative estimate of drug-likeness (QED) is 0.829. The SMILES string of the molecule is CCOC(=O)CCc1nc(C2(N)CCC(C)CC2)no1. The second-order valence-electron chi connectivity index (χ2n) is 5.66. The number of ether oxygens (including phenoxy) is 1. The third-order valence-corrected chi connectivity index (χ3v) is 3.93. The lowest BCUT2D eigenvalue weighted by Crippen LogP contribution is -2.41. The summed E-state index contributed by atoms with van der Waals surface area (Å²) in [5, 5.41) is 4.00.